The number of anilines is 1. The van der Waals surface area contributed by atoms with E-state index in [-0.39, 0.29) is 17.6 Å². The van der Waals surface area contributed by atoms with Crippen molar-refractivity contribution in [1.29, 1.82) is 0 Å². The van der Waals surface area contributed by atoms with Crippen molar-refractivity contribution in [2.24, 2.45) is 11.8 Å². The Hall–Kier alpha value is -3.21. The third-order valence-corrected chi connectivity index (χ3v) is 7.08. The second-order valence-electron chi connectivity index (χ2n) is 8.63. The Balaban J connectivity index is 1.48. The number of amides is 1. The van der Waals surface area contributed by atoms with Crippen molar-refractivity contribution < 1.29 is 19.4 Å². The van der Waals surface area contributed by atoms with E-state index in [1.165, 1.54) is 0 Å². The highest BCUT2D eigenvalue weighted by Crippen LogP contribution is 2.57. The van der Waals surface area contributed by atoms with Crippen molar-refractivity contribution in [2.75, 3.05) is 18.1 Å². The standard InChI is InChI=1S/C25H23NO4/c1-15-18-9-10-29-21(18)12-22-23(15)25(14-30-22)19-7-2-3-8-20(19)26(24(25)28)13-16-5-4-6-17(27)11-16/h2-8,11-12,15,18,27H,9-10,13-14H2,1H3. The average Bonchev–Trinajstić information content (AvgIpc) is 3.42. The maximum absolute atomic E-state index is 14.1. The Morgan fingerprint density at radius 2 is 2.03 bits per heavy atom. The molecule has 30 heavy (non-hydrogen) atoms. The minimum absolute atomic E-state index is 0.0552. The molecule has 1 fully saturated rings. The molecule has 0 aromatic heterocycles. The van der Waals surface area contributed by atoms with Gasteiger partial charge >= 0.3 is 0 Å². The molecule has 0 bridgehead atoms. The molecule has 0 radical (unpaired) electrons. The molecule has 6 rings (SSSR count). The molecule has 1 amide bonds. The van der Waals surface area contributed by atoms with Crippen LogP contribution >= 0.6 is 0 Å². The molecule has 3 aliphatic heterocycles. The van der Waals surface area contributed by atoms with Gasteiger partial charge in [0.2, 0.25) is 5.91 Å². The summed E-state index contributed by atoms with van der Waals surface area (Å²) in [6.07, 6.45) is 2.98. The van der Waals surface area contributed by atoms with Gasteiger partial charge in [-0.3, -0.25) is 4.79 Å². The molecule has 2 aromatic rings. The van der Waals surface area contributed by atoms with E-state index in [1.807, 2.05) is 41.3 Å². The predicted octanol–water partition coefficient (Wildman–Crippen LogP) is 4.03. The van der Waals surface area contributed by atoms with Crippen LogP contribution in [0.25, 0.3) is 0 Å². The number of phenols is 1. The summed E-state index contributed by atoms with van der Waals surface area (Å²) in [5, 5.41) is 9.88. The van der Waals surface area contributed by atoms with Crippen LogP contribution in [0.3, 0.4) is 0 Å². The van der Waals surface area contributed by atoms with Gasteiger partial charge in [0.1, 0.15) is 29.3 Å². The second-order valence-corrected chi connectivity index (χ2v) is 8.63. The first-order valence-electron chi connectivity index (χ1n) is 10.5. The highest BCUT2D eigenvalue weighted by Gasteiger charge is 2.60. The van der Waals surface area contributed by atoms with E-state index in [4.69, 9.17) is 9.47 Å². The van der Waals surface area contributed by atoms with Crippen molar-refractivity contribution >= 4 is 11.6 Å². The van der Waals surface area contributed by atoms with Crippen LogP contribution in [0, 0.1) is 11.8 Å². The number of ether oxygens (including phenoxy) is 2. The fraction of sp³-hybridized carbons (Fsp3) is 0.320. The van der Waals surface area contributed by atoms with E-state index in [1.54, 1.807) is 12.1 Å². The molecule has 5 heteroatoms. The lowest BCUT2D eigenvalue weighted by molar-refractivity contribution is -0.122. The number of para-hydroxylation sites is 1. The van der Waals surface area contributed by atoms with Gasteiger partial charge in [0, 0.05) is 17.7 Å². The van der Waals surface area contributed by atoms with Gasteiger partial charge in [-0.2, -0.15) is 0 Å². The molecule has 3 heterocycles. The predicted molar refractivity (Wildman–Crippen MR) is 112 cm³/mol. The number of aromatic hydroxyl groups is 1. The molecule has 1 spiro atoms. The Morgan fingerprint density at radius 1 is 1.17 bits per heavy atom. The molecular weight excluding hydrogens is 378 g/mol. The number of rotatable bonds is 2. The lowest BCUT2D eigenvalue weighted by atomic mass is 9.67. The van der Waals surface area contributed by atoms with Gasteiger partial charge in [-0.15, -0.1) is 0 Å². The average molecular weight is 401 g/mol. The molecule has 1 saturated heterocycles. The summed E-state index contributed by atoms with van der Waals surface area (Å²) in [5.41, 5.74) is 3.15. The SMILES string of the molecule is CC1C2=C(C=C3OCCC31)OCC21C(=O)N(Cc2cccc(O)c2)c2ccccc21. The van der Waals surface area contributed by atoms with E-state index in [2.05, 4.69) is 13.0 Å². The van der Waals surface area contributed by atoms with Gasteiger partial charge in [0.15, 0.2) is 0 Å². The topological polar surface area (TPSA) is 59.0 Å². The van der Waals surface area contributed by atoms with Crippen LogP contribution in [0.4, 0.5) is 5.69 Å². The summed E-state index contributed by atoms with van der Waals surface area (Å²) in [6.45, 7) is 3.66. The molecular formula is C25H23NO4. The number of nitrogens with zero attached hydrogens (tertiary/aromatic N) is 1. The third-order valence-electron chi connectivity index (χ3n) is 7.08. The van der Waals surface area contributed by atoms with E-state index in [9.17, 15) is 9.90 Å². The number of hydrogen-bond donors (Lipinski definition) is 1. The fourth-order valence-electron chi connectivity index (χ4n) is 5.73. The summed E-state index contributed by atoms with van der Waals surface area (Å²) in [5.74, 6) is 2.55. The zero-order valence-corrected chi connectivity index (χ0v) is 16.8. The van der Waals surface area contributed by atoms with Crippen LogP contribution in [0.15, 0.2) is 71.7 Å². The molecule has 152 valence electrons. The van der Waals surface area contributed by atoms with Gasteiger partial charge in [-0.1, -0.05) is 37.3 Å². The summed E-state index contributed by atoms with van der Waals surface area (Å²) >= 11 is 0. The summed E-state index contributed by atoms with van der Waals surface area (Å²) < 4.78 is 12.0. The normalized spacial score (nSPS) is 28.8. The minimum atomic E-state index is -0.785. The summed E-state index contributed by atoms with van der Waals surface area (Å²) in [4.78, 5) is 15.9. The zero-order valence-electron chi connectivity index (χ0n) is 16.8. The van der Waals surface area contributed by atoms with Gasteiger partial charge in [-0.25, -0.2) is 0 Å². The Labute approximate surface area is 175 Å². The number of carbonyl (C=O) groups is 1. The summed E-state index contributed by atoms with van der Waals surface area (Å²) in [6, 6.07) is 15.1. The zero-order chi connectivity index (χ0) is 20.5. The first-order valence-corrected chi connectivity index (χ1v) is 10.5. The minimum Gasteiger partial charge on any atom is -0.508 e. The highest BCUT2D eigenvalue weighted by molar-refractivity contribution is 6.11. The van der Waals surface area contributed by atoms with Crippen LogP contribution in [-0.2, 0) is 26.2 Å². The van der Waals surface area contributed by atoms with Crippen molar-refractivity contribution in [1.82, 2.24) is 0 Å². The largest absolute Gasteiger partial charge is 0.508 e. The van der Waals surface area contributed by atoms with Crippen LogP contribution in [-0.4, -0.2) is 24.2 Å². The Kier molecular flexibility index (Phi) is 3.61. The van der Waals surface area contributed by atoms with E-state index < -0.39 is 5.41 Å². The van der Waals surface area contributed by atoms with Gasteiger partial charge in [0.05, 0.1) is 13.2 Å². The highest BCUT2D eigenvalue weighted by atomic mass is 16.5. The molecule has 0 saturated carbocycles. The molecule has 1 N–H and O–H groups in total. The first-order chi connectivity index (χ1) is 14.6. The van der Waals surface area contributed by atoms with Crippen LogP contribution in [0.5, 0.6) is 5.75 Å². The molecule has 2 aromatic carbocycles. The smallest absolute Gasteiger partial charge is 0.245 e. The molecule has 4 aliphatic rings. The van der Waals surface area contributed by atoms with Gasteiger partial charge < -0.3 is 19.5 Å². The number of allylic oxidation sites excluding steroid dienone is 2. The van der Waals surface area contributed by atoms with Gasteiger partial charge in [-0.05, 0) is 47.2 Å². The number of carbonyl (C=O) groups excluding carboxylic acids is 1. The monoisotopic (exact) mass is 401 g/mol. The number of benzene rings is 2. The van der Waals surface area contributed by atoms with Crippen molar-refractivity contribution in [2.45, 2.75) is 25.3 Å². The molecule has 5 nitrogen and oxygen atoms in total. The van der Waals surface area contributed by atoms with Gasteiger partial charge in [0.25, 0.3) is 0 Å². The van der Waals surface area contributed by atoms with E-state index in [0.29, 0.717) is 19.1 Å². The maximum atomic E-state index is 14.1. The lowest BCUT2D eigenvalue weighted by Gasteiger charge is -2.32. The van der Waals surface area contributed by atoms with Crippen LogP contribution in [0.2, 0.25) is 0 Å². The van der Waals surface area contributed by atoms with Crippen molar-refractivity contribution in [3.05, 3.63) is 82.8 Å². The summed E-state index contributed by atoms with van der Waals surface area (Å²) in [7, 11) is 0. The van der Waals surface area contributed by atoms with Crippen LogP contribution in [0.1, 0.15) is 24.5 Å². The van der Waals surface area contributed by atoms with Crippen molar-refractivity contribution in [3.8, 4) is 5.75 Å². The lowest BCUT2D eigenvalue weighted by Crippen LogP contribution is -2.44. The fourth-order valence-corrected chi connectivity index (χ4v) is 5.73. The Morgan fingerprint density at radius 3 is 2.90 bits per heavy atom. The number of phenolic OH excluding ortho intramolecular Hbond substituents is 1. The molecule has 3 atom stereocenters. The van der Waals surface area contributed by atoms with Crippen molar-refractivity contribution in [3.63, 3.8) is 0 Å². The third kappa shape index (κ3) is 2.20. The molecule has 3 unspecified atom stereocenters. The second kappa shape index (κ2) is 6.14. The molecule has 1 aliphatic carbocycles. The quantitative estimate of drug-likeness (QED) is 0.825. The first kappa shape index (κ1) is 17.6. The van der Waals surface area contributed by atoms with E-state index in [0.717, 1.165) is 46.9 Å². The van der Waals surface area contributed by atoms with E-state index >= 15 is 0 Å². The number of hydrogen-bond acceptors (Lipinski definition) is 4. The number of fused-ring (bicyclic) bond motifs is 4. The van der Waals surface area contributed by atoms with Crippen LogP contribution < -0.4 is 4.90 Å². The Bertz CT molecular complexity index is 1130. The maximum Gasteiger partial charge on any atom is 0.245 e.